The van der Waals surface area contributed by atoms with Crippen LogP contribution < -0.4 is 10.6 Å². The van der Waals surface area contributed by atoms with Crippen molar-refractivity contribution in [3.05, 3.63) is 42.0 Å². The Labute approximate surface area is 153 Å². The zero-order valence-electron chi connectivity index (χ0n) is 15.4. The maximum Gasteiger partial charge on any atom is 0.307 e. The summed E-state index contributed by atoms with van der Waals surface area (Å²) in [6.07, 6.45) is 5.23. The fraction of sp³-hybridized carbons (Fsp3) is 0.450. The van der Waals surface area contributed by atoms with Crippen LogP contribution in [0.25, 0.3) is 0 Å². The quantitative estimate of drug-likeness (QED) is 0.681. The van der Waals surface area contributed by atoms with Crippen molar-refractivity contribution < 1.29 is 19.5 Å². The van der Waals surface area contributed by atoms with E-state index in [1.807, 2.05) is 26.8 Å². The molecule has 0 aromatic heterocycles. The normalized spacial score (nSPS) is 19.7. The zero-order valence-corrected chi connectivity index (χ0v) is 15.4. The van der Waals surface area contributed by atoms with Crippen LogP contribution in [0.4, 0.5) is 5.69 Å². The van der Waals surface area contributed by atoms with Crippen molar-refractivity contribution in [2.45, 2.75) is 45.6 Å². The van der Waals surface area contributed by atoms with E-state index in [0.717, 1.165) is 6.42 Å². The van der Waals surface area contributed by atoms with Crippen LogP contribution in [0.5, 0.6) is 0 Å². The van der Waals surface area contributed by atoms with E-state index < -0.39 is 17.8 Å². The monoisotopic (exact) mass is 358 g/mol. The standard InChI is InChI=1S/C20H26N2O4/c1-4-20(2,3)22-17(23)13-9-11-14(12-10-13)21-18(24)15-7-5-6-8-16(15)19(25)26/h5-6,9-12,15-16H,4,7-8H2,1-3H3,(H,21,24)(H,22,23)(H,25,26)/t15-,16+/m1/s1. The molecule has 0 saturated heterocycles. The average Bonchev–Trinajstić information content (AvgIpc) is 2.61. The van der Waals surface area contributed by atoms with Gasteiger partial charge in [0.1, 0.15) is 0 Å². The smallest absolute Gasteiger partial charge is 0.307 e. The number of hydrogen-bond acceptors (Lipinski definition) is 3. The van der Waals surface area contributed by atoms with Gasteiger partial charge in [0, 0.05) is 16.8 Å². The lowest BCUT2D eigenvalue weighted by Crippen LogP contribution is -2.42. The van der Waals surface area contributed by atoms with Crippen LogP contribution in [-0.2, 0) is 9.59 Å². The second kappa shape index (κ2) is 8.17. The molecule has 140 valence electrons. The summed E-state index contributed by atoms with van der Waals surface area (Å²) in [6.45, 7) is 5.91. The number of carboxylic acids is 1. The van der Waals surface area contributed by atoms with Crippen LogP contribution in [0.2, 0.25) is 0 Å². The van der Waals surface area contributed by atoms with E-state index in [1.54, 1.807) is 30.3 Å². The molecular weight excluding hydrogens is 332 g/mol. The minimum atomic E-state index is -0.958. The van der Waals surface area contributed by atoms with E-state index in [-0.39, 0.29) is 17.4 Å². The van der Waals surface area contributed by atoms with Crippen LogP contribution in [0.3, 0.4) is 0 Å². The minimum Gasteiger partial charge on any atom is -0.481 e. The molecule has 0 heterocycles. The molecule has 6 nitrogen and oxygen atoms in total. The zero-order chi connectivity index (χ0) is 19.3. The molecule has 2 amide bonds. The lowest BCUT2D eigenvalue weighted by molar-refractivity contribution is -0.146. The van der Waals surface area contributed by atoms with E-state index in [9.17, 15) is 19.5 Å². The topological polar surface area (TPSA) is 95.5 Å². The minimum absolute atomic E-state index is 0.168. The van der Waals surface area contributed by atoms with Crippen molar-refractivity contribution in [3.63, 3.8) is 0 Å². The molecule has 0 aliphatic heterocycles. The highest BCUT2D eigenvalue weighted by molar-refractivity contribution is 5.97. The second-order valence-corrected chi connectivity index (χ2v) is 7.25. The Morgan fingerprint density at radius 2 is 1.65 bits per heavy atom. The molecule has 2 rings (SSSR count). The fourth-order valence-corrected chi connectivity index (χ4v) is 2.78. The van der Waals surface area contributed by atoms with Crippen LogP contribution in [0, 0.1) is 11.8 Å². The van der Waals surface area contributed by atoms with Crippen LogP contribution in [0.15, 0.2) is 36.4 Å². The molecule has 6 heteroatoms. The Morgan fingerprint density at radius 1 is 1.08 bits per heavy atom. The van der Waals surface area contributed by atoms with Gasteiger partial charge < -0.3 is 15.7 Å². The lowest BCUT2D eigenvalue weighted by atomic mass is 9.82. The molecule has 0 spiro atoms. The van der Waals surface area contributed by atoms with Gasteiger partial charge in [0.25, 0.3) is 5.91 Å². The molecule has 0 unspecified atom stereocenters. The third kappa shape index (κ3) is 4.94. The van der Waals surface area contributed by atoms with Gasteiger partial charge in [0.15, 0.2) is 0 Å². The molecule has 1 aromatic carbocycles. The van der Waals surface area contributed by atoms with Gasteiger partial charge in [-0.2, -0.15) is 0 Å². The summed E-state index contributed by atoms with van der Waals surface area (Å²) in [7, 11) is 0. The first kappa shape index (κ1) is 19.7. The molecule has 26 heavy (non-hydrogen) atoms. The molecular formula is C20H26N2O4. The van der Waals surface area contributed by atoms with Crippen molar-refractivity contribution in [1.82, 2.24) is 5.32 Å². The average molecular weight is 358 g/mol. The Hall–Kier alpha value is -2.63. The number of aliphatic carboxylic acids is 1. The van der Waals surface area contributed by atoms with E-state index in [0.29, 0.717) is 24.1 Å². The fourth-order valence-electron chi connectivity index (χ4n) is 2.78. The summed E-state index contributed by atoms with van der Waals surface area (Å²) in [5, 5.41) is 15.0. The Kier molecular flexibility index (Phi) is 6.18. The number of carbonyl (C=O) groups is 3. The van der Waals surface area contributed by atoms with E-state index in [2.05, 4.69) is 10.6 Å². The van der Waals surface area contributed by atoms with Crippen LogP contribution in [0.1, 0.15) is 50.4 Å². The van der Waals surface area contributed by atoms with Crippen molar-refractivity contribution in [3.8, 4) is 0 Å². The number of benzene rings is 1. The number of rotatable bonds is 6. The van der Waals surface area contributed by atoms with Gasteiger partial charge in [-0.1, -0.05) is 19.1 Å². The predicted octanol–water partition coefficient (Wildman–Crippen LogP) is 3.21. The number of carbonyl (C=O) groups excluding carboxylic acids is 2. The number of hydrogen-bond donors (Lipinski definition) is 3. The highest BCUT2D eigenvalue weighted by Gasteiger charge is 2.33. The first-order chi connectivity index (χ1) is 12.2. The number of carboxylic acid groups (broad SMARTS) is 1. The Morgan fingerprint density at radius 3 is 2.19 bits per heavy atom. The first-order valence-electron chi connectivity index (χ1n) is 8.85. The number of anilines is 1. The number of amides is 2. The van der Waals surface area contributed by atoms with Crippen molar-refractivity contribution in [2.24, 2.45) is 11.8 Å². The largest absolute Gasteiger partial charge is 0.481 e. The van der Waals surface area contributed by atoms with Gasteiger partial charge in [0.2, 0.25) is 5.91 Å². The number of allylic oxidation sites excluding steroid dienone is 2. The van der Waals surface area contributed by atoms with Crippen molar-refractivity contribution >= 4 is 23.5 Å². The highest BCUT2D eigenvalue weighted by Crippen LogP contribution is 2.27. The van der Waals surface area contributed by atoms with Crippen molar-refractivity contribution in [1.29, 1.82) is 0 Å². The molecule has 0 saturated carbocycles. The predicted molar refractivity (Wildman–Crippen MR) is 99.9 cm³/mol. The Balaban J connectivity index is 2.02. The van der Waals surface area contributed by atoms with Gasteiger partial charge in [-0.3, -0.25) is 14.4 Å². The van der Waals surface area contributed by atoms with Crippen molar-refractivity contribution in [2.75, 3.05) is 5.32 Å². The van der Waals surface area contributed by atoms with Gasteiger partial charge in [-0.05, 0) is 57.4 Å². The van der Waals surface area contributed by atoms with Gasteiger partial charge in [0.05, 0.1) is 11.8 Å². The SMILES string of the molecule is CCC(C)(C)NC(=O)c1ccc(NC(=O)[C@@H]2CC=CC[C@@H]2C(=O)O)cc1. The molecule has 3 N–H and O–H groups in total. The van der Waals surface area contributed by atoms with E-state index >= 15 is 0 Å². The van der Waals surface area contributed by atoms with Gasteiger partial charge in [-0.25, -0.2) is 0 Å². The molecule has 0 radical (unpaired) electrons. The second-order valence-electron chi connectivity index (χ2n) is 7.25. The van der Waals surface area contributed by atoms with E-state index in [1.165, 1.54) is 0 Å². The third-order valence-corrected chi connectivity index (χ3v) is 4.84. The highest BCUT2D eigenvalue weighted by atomic mass is 16.4. The first-order valence-corrected chi connectivity index (χ1v) is 8.85. The lowest BCUT2D eigenvalue weighted by Gasteiger charge is -2.25. The maximum atomic E-state index is 12.4. The summed E-state index contributed by atoms with van der Waals surface area (Å²) in [5.41, 5.74) is 0.762. The molecule has 1 aliphatic rings. The number of nitrogens with one attached hydrogen (secondary N) is 2. The summed E-state index contributed by atoms with van der Waals surface area (Å²) >= 11 is 0. The van der Waals surface area contributed by atoms with E-state index in [4.69, 9.17) is 0 Å². The molecule has 0 fully saturated rings. The molecule has 1 aromatic rings. The summed E-state index contributed by atoms with van der Waals surface area (Å²) < 4.78 is 0. The summed E-state index contributed by atoms with van der Waals surface area (Å²) in [4.78, 5) is 36.0. The molecule has 2 atom stereocenters. The van der Waals surface area contributed by atoms with Gasteiger partial charge >= 0.3 is 5.97 Å². The summed E-state index contributed by atoms with van der Waals surface area (Å²) in [5.74, 6) is -2.74. The third-order valence-electron chi connectivity index (χ3n) is 4.84. The summed E-state index contributed by atoms with van der Waals surface area (Å²) in [6, 6.07) is 6.60. The molecule has 1 aliphatic carbocycles. The van der Waals surface area contributed by atoms with Crippen LogP contribution >= 0.6 is 0 Å². The van der Waals surface area contributed by atoms with Crippen LogP contribution in [-0.4, -0.2) is 28.4 Å². The molecule has 0 bridgehead atoms. The van der Waals surface area contributed by atoms with Gasteiger partial charge in [-0.15, -0.1) is 0 Å². The maximum absolute atomic E-state index is 12.4. The Bertz CT molecular complexity index is 707.